The van der Waals surface area contributed by atoms with Crippen LogP contribution in [0.1, 0.15) is 10.7 Å². The zero-order chi connectivity index (χ0) is 16.0. The van der Waals surface area contributed by atoms with E-state index in [1.807, 2.05) is 17.5 Å². The number of thiophene rings is 1. The zero-order valence-corrected chi connectivity index (χ0v) is 13.4. The van der Waals surface area contributed by atoms with Gasteiger partial charge in [0.25, 0.3) is 11.4 Å². The molecule has 10 heteroatoms. The van der Waals surface area contributed by atoms with Gasteiger partial charge in [0.05, 0.1) is 4.88 Å². The second-order valence-electron chi connectivity index (χ2n) is 4.73. The Bertz CT molecular complexity index is 1100. The highest BCUT2D eigenvalue weighted by molar-refractivity contribution is 7.16. The van der Waals surface area contributed by atoms with Crippen molar-refractivity contribution in [2.75, 3.05) is 0 Å². The Labute approximate surface area is 136 Å². The van der Waals surface area contributed by atoms with Crippen LogP contribution in [0.15, 0.2) is 37.6 Å². The molecule has 0 N–H and O–H groups in total. The number of hydrogen-bond donors (Lipinski definition) is 0. The lowest BCUT2D eigenvalue weighted by molar-refractivity contribution is 0.494. The lowest BCUT2D eigenvalue weighted by Crippen LogP contribution is -2.18. The molecule has 4 aromatic rings. The van der Waals surface area contributed by atoms with E-state index in [9.17, 15) is 9.59 Å². The molecule has 0 atom stereocenters. The van der Waals surface area contributed by atoms with Crippen molar-refractivity contribution in [2.24, 2.45) is 0 Å². The van der Waals surface area contributed by atoms with Gasteiger partial charge in [0.2, 0.25) is 4.96 Å². The van der Waals surface area contributed by atoms with Gasteiger partial charge in [-0.2, -0.15) is 14.3 Å². The van der Waals surface area contributed by atoms with Crippen molar-refractivity contribution in [3.63, 3.8) is 0 Å². The maximum absolute atomic E-state index is 11.9. The third kappa shape index (κ3) is 2.51. The van der Waals surface area contributed by atoms with Crippen molar-refractivity contribution in [1.29, 1.82) is 0 Å². The SMILES string of the molecule is Cc1cc(=O)n2nc(Cn3nc(-c4cccs4)oc3=O)sc2n1. The van der Waals surface area contributed by atoms with E-state index >= 15 is 0 Å². The quantitative estimate of drug-likeness (QED) is 0.556. The summed E-state index contributed by atoms with van der Waals surface area (Å²) >= 11 is 2.67. The van der Waals surface area contributed by atoms with Crippen LogP contribution in [-0.4, -0.2) is 24.4 Å². The first-order valence-electron chi connectivity index (χ1n) is 6.58. The molecule has 0 spiro atoms. The number of rotatable bonds is 3. The summed E-state index contributed by atoms with van der Waals surface area (Å²) < 4.78 is 7.55. The maximum Gasteiger partial charge on any atom is 0.437 e. The molecule has 0 aromatic carbocycles. The standard InChI is InChI=1S/C13H9N5O3S2/c1-7-5-10(19)18-12(14-7)23-9(15-18)6-17-13(20)21-11(16-17)8-3-2-4-22-8/h2-5H,6H2,1H3. The van der Waals surface area contributed by atoms with Crippen LogP contribution in [0, 0.1) is 6.92 Å². The predicted molar refractivity (Wildman–Crippen MR) is 85.0 cm³/mol. The van der Waals surface area contributed by atoms with Crippen molar-refractivity contribution < 1.29 is 4.42 Å². The normalized spacial score (nSPS) is 11.3. The van der Waals surface area contributed by atoms with Gasteiger partial charge in [0.1, 0.15) is 11.6 Å². The summed E-state index contributed by atoms with van der Waals surface area (Å²) in [5, 5.41) is 10.8. The highest BCUT2D eigenvalue weighted by atomic mass is 32.1. The Balaban J connectivity index is 1.72. The molecule has 0 aliphatic rings. The topological polar surface area (TPSA) is 95.3 Å². The smallest absolute Gasteiger partial charge is 0.387 e. The highest BCUT2D eigenvalue weighted by Crippen LogP contribution is 2.21. The summed E-state index contributed by atoms with van der Waals surface area (Å²) in [6.45, 7) is 1.87. The van der Waals surface area contributed by atoms with Gasteiger partial charge >= 0.3 is 5.76 Å². The van der Waals surface area contributed by atoms with Gasteiger partial charge < -0.3 is 4.42 Å². The predicted octanol–water partition coefficient (Wildman–Crippen LogP) is 1.39. The summed E-state index contributed by atoms with van der Waals surface area (Å²) in [6, 6.07) is 5.09. The lowest BCUT2D eigenvalue weighted by Gasteiger charge is -1.91. The average Bonchev–Trinajstić information content (AvgIpc) is 3.19. The van der Waals surface area contributed by atoms with Crippen LogP contribution in [-0.2, 0) is 6.54 Å². The van der Waals surface area contributed by atoms with Gasteiger partial charge in [-0.3, -0.25) is 4.79 Å². The van der Waals surface area contributed by atoms with Crippen molar-refractivity contribution in [1.82, 2.24) is 24.4 Å². The summed E-state index contributed by atoms with van der Waals surface area (Å²) in [5.74, 6) is -0.290. The van der Waals surface area contributed by atoms with Gasteiger partial charge in [-0.1, -0.05) is 17.4 Å². The number of aromatic nitrogens is 5. The van der Waals surface area contributed by atoms with E-state index in [1.54, 1.807) is 6.92 Å². The molecule has 4 heterocycles. The third-order valence-corrected chi connectivity index (χ3v) is 4.79. The minimum absolute atomic E-state index is 0.125. The number of hydrogen-bond acceptors (Lipinski definition) is 8. The van der Waals surface area contributed by atoms with Crippen LogP contribution in [0.25, 0.3) is 15.7 Å². The van der Waals surface area contributed by atoms with Crippen LogP contribution >= 0.6 is 22.7 Å². The molecule has 4 aromatic heterocycles. The first-order valence-corrected chi connectivity index (χ1v) is 8.28. The van der Waals surface area contributed by atoms with Gasteiger partial charge in [0.15, 0.2) is 0 Å². The van der Waals surface area contributed by atoms with Gasteiger partial charge in [-0.25, -0.2) is 9.78 Å². The van der Waals surface area contributed by atoms with Crippen LogP contribution in [0.3, 0.4) is 0 Å². The minimum atomic E-state index is -0.566. The fraction of sp³-hybridized carbons (Fsp3) is 0.154. The molecule has 8 nitrogen and oxygen atoms in total. The molecule has 0 amide bonds. The van der Waals surface area contributed by atoms with Gasteiger partial charge in [-0.15, -0.1) is 16.4 Å². The number of fused-ring (bicyclic) bond motifs is 1. The molecule has 0 saturated heterocycles. The molecular weight excluding hydrogens is 338 g/mol. The average molecular weight is 347 g/mol. The molecule has 0 bridgehead atoms. The van der Waals surface area contributed by atoms with E-state index in [4.69, 9.17) is 4.42 Å². The van der Waals surface area contributed by atoms with Crippen LogP contribution in [0.5, 0.6) is 0 Å². The molecular formula is C13H9N5O3S2. The largest absolute Gasteiger partial charge is 0.437 e. The second-order valence-corrected chi connectivity index (χ2v) is 6.72. The Morgan fingerprint density at radius 3 is 2.96 bits per heavy atom. The fourth-order valence-corrected chi connectivity index (χ4v) is 3.63. The monoisotopic (exact) mass is 347 g/mol. The maximum atomic E-state index is 11.9. The summed E-state index contributed by atoms with van der Waals surface area (Å²) in [5.41, 5.74) is 0.380. The van der Waals surface area contributed by atoms with E-state index < -0.39 is 5.76 Å². The van der Waals surface area contributed by atoms with Crippen LogP contribution < -0.4 is 11.3 Å². The molecule has 4 rings (SSSR count). The van der Waals surface area contributed by atoms with Crippen molar-refractivity contribution in [2.45, 2.75) is 13.5 Å². The van der Waals surface area contributed by atoms with E-state index in [0.717, 1.165) is 4.88 Å². The minimum Gasteiger partial charge on any atom is -0.387 e. The Hall–Kier alpha value is -2.59. The molecule has 0 unspecified atom stereocenters. The van der Waals surface area contributed by atoms with Crippen molar-refractivity contribution in [3.8, 4) is 10.8 Å². The van der Waals surface area contributed by atoms with E-state index in [0.29, 0.717) is 15.7 Å². The van der Waals surface area contributed by atoms with Crippen LogP contribution in [0.2, 0.25) is 0 Å². The molecule has 0 aliphatic carbocycles. The Morgan fingerprint density at radius 1 is 1.30 bits per heavy atom. The van der Waals surface area contributed by atoms with Crippen LogP contribution in [0.4, 0.5) is 0 Å². The first-order chi connectivity index (χ1) is 11.1. The summed E-state index contributed by atoms with van der Waals surface area (Å²) in [4.78, 5) is 29.3. The molecule has 0 fully saturated rings. The Morgan fingerprint density at radius 2 is 2.17 bits per heavy atom. The van der Waals surface area contributed by atoms with Crippen molar-refractivity contribution >= 4 is 27.6 Å². The molecule has 23 heavy (non-hydrogen) atoms. The van der Waals surface area contributed by atoms with Crippen molar-refractivity contribution in [3.05, 3.63) is 55.2 Å². The number of nitrogens with zero attached hydrogens (tertiary/aromatic N) is 5. The van der Waals surface area contributed by atoms with E-state index in [2.05, 4.69) is 15.2 Å². The second kappa shape index (κ2) is 5.25. The molecule has 0 saturated carbocycles. The van der Waals surface area contributed by atoms with E-state index in [-0.39, 0.29) is 18.0 Å². The van der Waals surface area contributed by atoms with Gasteiger partial charge in [0, 0.05) is 11.8 Å². The molecule has 0 radical (unpaired) electrons. The third-order valence-electron chi connectivity index (χ3n) is 3.04. The molecule has 0 aliphatic heterocycles. The lowest BCUT2D eigenvalue weighted by atomic mass is 10.5. The molecule has 116 valence electrons. The fourth-order valence-electron chi connectivity index (χ4n) is 2.06. The van der Waals surface area contributed by atoms with E-state index in [1.165, 1.54) is 37.9 Å². The first kappa shape index (κ1) is 14.0. The van der Waals surface area contributed by atoms with Gasteiger partial charge in [-0.05, 0) is 18.4 Å². The summed E-state index contributed by atoms with van der Waals surface area (Å²) in [7, 11) is 0. The summed E-state index contributed by atoms with van der Waals surface area (Å²) in [6.07, 6.45) is 0. The number of aryl methyl sites for hydroxylation is 1. The Kier molecular flexibility index (Phi) is 3.20. The zero-order valence-electron chi connectivity index (χ0n) is 11.8. The highest BCUT2D eigenvalue weighted by Gasteiger charge is 2.14.